The third kappa shape index (κ3) is 3.55. The molecule has 0 amide bonds. The lowest BCUT2D eigenvalue weighted by atomic mass is 10.0. The van der Waals surface area contributed by atoms with E-state index in [-0.39, 0.29) is 12.6 Å². The van der Waals surface area contributed by atoms with Crippen molar-refractivity contribution in [3.8, 4) is 11.1 Å². The van der Waals surface area contributed by atoms with Crippen LogP contribution in [0.15, 0.2) is 65.7 Å². The van der Waals surface area contributed by atoms with E-state index in [0.717, 1.165) is 15.6 Å². The zero-order valence-corrected chi connectivity index (χ0v) is 11.9. The van der Waals surface area contributed by atoms with Gasteiger partial charge < -0.3 is 4.74 Å². The molecule has 0 radical (unpaired) electrons. The summed E-state index contributed by atoms with van der Waals surface area (Å²) in [6, 6.07) is 15.4. The largest absolute Gasteiger partial charge is 0.458 e. The number of halogens is 1. The molecule has 0 heterocycles. The fourth-order valence-electron chi connectivity index (χ4n) is 1.66. The van der Waals surface area contributed by atoms with Crippen LogP contribution in [-0.4, -0.2) is 12.6 Å². The van der Waals surface area contributed by atoms with E-state index in [4.69, 9.17) is 4.74 Å². The van der Waals surface area contributed by atoms with Crippen molar-refractivity contribution in [2.24, 2.45) is 0 Å². The van der Waals surface area contributed by atoms with Crippen LogP contribution >= 0.6 is 15.9 Å². The standard InChI is InChI=1S/C16H13BrO2/c1-2-11-19-16(18)14-5-3-12(4-6-14)13-7-9-15(17)10-8-13/h2-10H,1,11H2. The third-order valence-electron chi connectivity index (χ3n) is 2.63. The summed E-state index contributed by atoms with van der Waals surface area (Å²) in [5.41, 5.74) is 2.71. The fraction of sp³-hybridized carbons (Fsp3) is 0.0625. The first-order chi connectivity index (χ1) is 9.20. The summed E-state index contributed by atoms with van der Waals surface area (Å²) in [5, 5.41) is 0. The minimum atomic E-state index is -0.331. The molecule has 2 aromatic carbocycles. The Morgan fingerprint density at radius 3 is 2.11 bits per heavy atom. The Balaban J connectivity index is 2.16. The zero-order valence-electron chi connectivity index (χ0n) is 10.3. The molecule has 0 saturated heterocycles. The van der Waals surface area contributed by atoms with Crippen LogP contribution in [0.1, 0.15) is 10.4 Å². The zero-order chi connectivity index (χ0) is 13.7. The molecule has 0 aromatic heterocycles. The average molecular weight is 317 g/mol. The van der Waals surface area contributed by atoms with Crippen molar-refractivity contribution in [3.05, 3.63) is 71.2 Å². The monoisotopic (exact) mass is 316 g/mol. The van der Waals surface area contributed by atoms with Crippen molar-refractivity contribution in [2.45, 2.75) is 0 Å². The van der Waals surface area contributed by atoms with Crippen molar-refractivity contribution in [2.75, 3.05) is 6.61 Å². The first-order valence-corrected chi connectivity index (χ1v) is 6.64. The Kier molecular flexibility index (Phi) is 4.53. The Morgan fingerprint density at radius 1 is 1.05 bits per heavy atom. The number of hydrogen-bond donors (Lipinski definition) is 0. The Hall–Kier alpha value is -1.87. The van der Waals surface area contributed by atoms with E-state index in [0.29, 0.717) is 5.56 Å². The van der Waals surface area contributed by atoms with Crippen LogP contribution in [0.2, 0.25) is 0 Å². The van der Waals surface area contributed by atoms with Gasteiger partial charge in [0.1, 0.15) is 6.61 Å². The molecule has 0 aliphatic rings. The highest BCUT2D eigenvalue weighted by molar-refractivity contribution is 9.10. The van der Waals surface area contributed by atoms with Gasteiger partial charge in [0.2, 0.25) is 0 Å². The Morgan fingerprint density at radius 2 is 1.58 bits per heavy atom. The van der Waals surface area contributed by atoms with Gasteiger partial charge in [0.25, 0.3) is 0 Å². The first-order valence-electron chi connectivity index (χ1n) is 5.85. The second-order valence-electron chi connectivity index (χ2n) is 3.97. The summed E-state index contributed by atoms with van der Waals surface area (Å²) >= 11 is 3.40. The van der Waals surface area contributed by atoms with Crippen LogP contribution in [0, 0.1) is 0 Å². The molecule has 2 rings (SSSR count). The number of carbonyl (C=O) groups is 1. The van der Waals surface area contributed by atoms with Gasteiger partial charge in [-0.1, -0.05) is 52.9 Å². The molecule has 0 fully saturated rings. The Bertz CT molecular complexity index is 571. The maximum Gasteiger partial charge on any atom is 0.338 e. The van der Waals surface area contributed by atoms with E-state index in [1.165, 1.54) is 0 Å². The molecule has 0 N–H and O–H groups in total. The lowest BCUT2D eigenvalue weighted by molar-refractivity contribution is 0.0550. The van der Waals surface area contributed by atoms with Crippen molar-refractivity contribution in [1.29, 1.82) is 0 Å². The lowest BCUT2D eigenvalue weighted by Gasteiger charge is -2.04. The van der Waals surface area contributed by atoms with E-state index in [1.807, 2.05) is 36.4 Å². The van der Waals surface area contributed by atoms with Gasteiger partial charge in [-0.25, -0.2) is 4.79 Å². The van der Waals surface area contributed by atoms with Crippen LogP contribution in [0.25, 0.3) is 11.1 Å². The highest BCUT2D eigenvalue weighted by Gasteiger charge is 2.06. The SMILES string of the molecule is C=CCOC(=O)c1ccc(-c2ccc(Br)cc2)cc1. The average Bonchev–Trinajstić information content (AvgIpc) is 2.46. The van der Waals surface area contributed by atoms with E-state index in [1.54, 1.807) is 18.2 Å². The number of esters is 1. The molecule has 3 heteroatoms. The number of carbonyl (C=O) groups excluding carboxylic acids is 1. The predicted octanol–water partition coefficient (Wildman–Crippen LogP) is 4.46. The molecule has 0 saturated carbocycles. The molecule has 96 valence electrons. The summed E-state index contributed by atoms with van der Waals surface area (Å²) in [6.45, 7) is 3.74. The highest BCUT2D eigenvalue weighted by atomic mass is 79.9. The van der Waals surface area contributed by atoms with Gasteiger partial charge in [0.05, 0.1) is 5.56 Å². The van der Waals surface area contributed by atoms with Crippen molar-refractivity contribution >= 4 is 21.9 Å². The van der Waals surface area contributed by atoms with Crippen molar-refractivity contribution in [3.63, 3.8) is 0 Å². The van der Waals surface area contributed by atoms with E-state index in [9.17, 15) is 4.79 Å². The molecule has 0 atom stereocenters. The minimum Gasteiger partial charge on any atom is -0.458 e. The van der Waals surface area contributed by atoms with Gasteiger partial charge >= 0.3 is 5.97 Å². The fourth-order valence-corrected chi connectivity index (χ4v) is 1.92. The molecular formula is C16H13BrO2. The molecule has 0 spiro atoms. The van der Waals surface area contributed by atoms with Crippen molar-refractivity contribution < 1.29 is 9.53 Å². The van der Waals surface area contributed by atoms with Crippen LogP contribution in [0.4, 0.5) is 0 Å². The quantitative estimate of drug-likeness (QED) is 0.615. The van der Waals surface area contributed by atoms with E-state index in [2.05, 4.69) is 22.5 Å². The summed E-state index contributed by atoms with van der Waals surface area (Å²) in [4.78, 5) is 11.6. The van der Waals surface area contributed by atoms with Crippen molar-refractivity contribution in [1.82, 2.24) is 0 Å². The first kappa shape index (κ1) is 13.6. The van der Waals surface area contributed by atoms with Crippen LogP contribution in [0.3, 0.4) is 0 Å². The van der Waals surface area contributed by atoms with Gasteiger partial charge in [-0.3, -0.25) is 0 Å². The maximum absolute atomic E-state index is 11.6. The second kappa shape index (κ2) is 6.34. The number of benzene rings is 2. The second-order valence-corrected chi connectivity index (χ2v) is 4.89. The van der Waals surface area contributed by atoms with Crippen LogP contribution in [-0.2, 0) is 4.74 Å². The maximum atomic E-state index is 11.6. The predicted molar refractivity (Wildman–Crippen MR) is 80.1 cm³/mol. The number of hydrogen-bond acceptors (Lipinski definition) is 2. The van der Waals surface area contributed by atoms with Gasteiger partial charge in [0.15, 0.2) is 0 Å². The number of rotatable bonds is 4. The summed E-state index contributed by atoms with van der Waals surface area (Å²) in [6.07, 6.45) is 1.55. The number of ether oxygens (including phenoxy) is 1. The molecule has 2 nitrogen and oxygen atoms in total. The van der Waals surface area contributed by atoms with E-state index < -0.39 is 0 Å². The van der Waals surface area contributed by atoms with Gasteiger partial charge in [-0.2, -0.15) is 0 Å². The van der Waals surface area contributed by atoms with Gasteiger partial charge in [-0.05, 0) is 35.4 Å². The van der Waals surface area contributed by atoms with Crippen LogP contribution < -0.4 is 0 Å². The van der Waals surface area contributed by atoms with E-state index >= 15 is 0 Å². The smallest absolute Gasteiger partial charge is 0.338 e. The van der Waals surface area contributed by atoms with Gasteiger partial charge in [-0.15, -0.1) is 0 Å². The molecular weight excluding hydrogens is 304 g/mol. The normalized spacial score (nSPS) is 9.95. The Labute approximate surface area is 120 Å². The summed E-state index contributed by atoms with van der Waals surface area (Å²) < 4.78 is 6.02. The summed E-state index contributed by atoms with van der Waals surface area (Å²) in [7, 11) is 0. The molecule has 2 aromatic rings. The lowest BCUT2D eigenvalue weighted by Crippen LogP contribution is -2.04. The van der Waals surface area contributed by atoms with Gasteiger partial charge in [0, 0.05) is 4.47 Å². The summed E-state index contributed by atoms with van der Waals surface area (Å²) in [5.74, 6) is -0.331. The minimum absolute atomic E-state index is 0.229. The highest BCUT2D eigenvalue weighted by Crippen LogP contribution is 2.22. The molecule has 0 bridgehead atoms. The molecule has 0 aliphatic carbocycles. The third-order valence-corrected chi connectivity index (χ3v) is 3.16. The molecule has 0 aliphatic heterocycles. The topological polar surface area (TPSA) is 26.3 Å². The van der Waals surface area contributed by atoms with Crippen LogP contribution in [0.5, 0.6) is 0 Å². The molecule has 19 heavy (non-hydrogen) atoms. The molecule has 0 unspecified atom stereocenters.